The number of amides is 3. The number of rotatable bonds is 3. The number of aryl methyl sites for hydroxylation is 1. The molecule has 0 radical (unpaired) electrons. The van der Waals surface area contributed by atoms with Gasteiger partial charge in [0.2, 0.25) is 0 Å². The average molecular weight is 376 g/mol. The van der Waals surface area contributed by atoms with E-state index in [1.165, 1.54) is 31.1 Å². The van der Waals surface area contributed by atoms with Crippen molar-refractivity contribution in [3.63, 3.8) is 0 Å². The van der Waals surface area contributed by atoms with Crippen LogP contribution in [0.2, 0.25) is 0 Å². The quantitative estimate of drug-likeness (QED) is 0.892. The summed E-state index contributed by atoms with van der Waals surface area (Å²) in [6.07, 6.45) is 0. The summed E-state index contributed by atoms with van der Waals surface area (Å²) in [5.41, 5.74) is -0.0602. The number of urea groups is 1. The van der Waals surface area contributed by atoms with Crippen LogP contribution in [0.4, 0.5) is 19.4 Å². The van der Waals surface area contributed by atoms with Crippen molar-refractivity contribution in [1.29, 1.82) is 0 Å². The molecule has 3 rings (SSSR count). The Labute approximate surface area is 154 Å². The van der Waals surface area contributed by atoms with E-state index >= 15 is 0 Å². The average Bonchev–Trinajstić information content (AvgIpc) is 3.02. The lowest BCUT2D eigenvalue weighted by Crippen LogP contribution is -2.48. The van der Waals surface area contributed by atoms with Gasteiger partial charge in [-0.15, -0.1) is 0 Å². The van der Waals surface area contributed by atoms with Crippen LogP contribution in [-0.2, 0) is 4.79 Å². The third-order valence-corrected chi connectivity index (χ3v) is 4.53. The van der Waals surface area contributed by atoms with E-state index in [9.17, 15) is 18.4 Å². The Morgan fingerprint density at radius 1 is 1.22 bits per heavy atom. The second-order valence-electron chi connectivity index (χ2n) is 6.27. The number of benzene rings is 1. The number of nitrogens with zero attached hydrogens (tertiary/aromatic N) is 3. The second-order valence-corrected chi connectivity index (χ2v) is 6.27. The lowest BCUT2D eigenvalue weighted by Gasteiger charge is -2.39. The topological polar surface area (TPSA) is 78.7 Å². The van der Waals surface area contributed by atoms with Crippen molar-refractivity contribution < 1.29 is 22.9 Å². The molecule has 0 spiro atoms. The summed E-state index contributed by atoms with van der Waals surface area (Å²) in [6.45, 7) is 3.20. The van der Waals surface area contributed by atoms with E-state index in [0.29, 0.717) is 5.76 Å². The molecule has 2 heterocycles. The number of nitrogens with one attached hydrogen (secondary N) is 1. The molecule has 0 bridgehead atoms. The number of anilines is 1. The molecular weight excluding hydrogens is 358 g/mol. The van der Waals surface area contributed by atoms with Crippen molar-refractivity contribution in [3.8, 4) is 0 Å². The van der Waals surface area contributed by atoms with Gasteiger partial charge in [-0.05, 0) is 26.0 Å². The summed E-state index contributed by atoms with van der Waals surface area (Å²) in [4.78, 5) is 27.8. The SMILES string of the molecule is CC1=C(C(=O)Nc2cc(C)on2)C(c2c(F)cccc2F)N(C)C(=O)N1C. The summed E-state index contributed by atoms with van der Waals surface area (Å²) in [5, 5.41) is 6.24. The molecule has 9 heteroatoms. The monoisotopic (exact) mass is 376 g/mol. The second kappa shape index (κ2) is 6.82. The predicted octanol–water partition coefficient (Wildman–Crippen LogP) is 3.21. The molecule has 1 aromatic carbocycles. The molecule has 7 nitrogen and oxygen atoms in total. The summed E-state index contributed by atoms with van der Waals surface area (Å²) in [5.74, 6) is -1.69. The lowest BCUT2D eigenvalue weighted by atomic mass is 9.92. The molecule has 0 saturated carbocycles. The van der Waals surface area contributed by atoms with Crippen molar-refractivity contribution in [2.75, 3.05) is 19.4 Å². The Bertz CT molecular complexity index is 934. The van der Waals surface area contributed by atoms with E-state index < -0.39 is 29.6 Å². The maximum Gasteiger partial charge on any atom is 0.324 e. The fourth-order valence-electron chi connectivity index (χ4n) is 3.07. The van der Waals surface area contributed by atoms with Crippen molar-refractivity contribution in [2.24, 2.45) is 0 Å². The number of aromatic nitrogens is 1. The van der Waals surface area contributed by atoms with Crippen molar-refractivity contribution in [2.45, 2.75) is 19.9 Å². The number of carbonyl (C=O) groups is 2. The minimum atomic E-state index is -1.23. The third-order valence-electron chi connectivity index (χ3n) is 4.53. The molecule has 1 N–H and O–H groups in total. The highest BCUT2D eigenvalue weighted by atomic mass is 19.1. The van der Waals surface area contributed by atoms with Crippen molar-refractivity contribution in [3.05, 3.63) is 58.5 Å². The number of carbonyl (C=O) groups excluding carboxylic acids is 2. The van der Waals surface area contributed by atoms with Gasteiger partial charge in [0.1, 0.15) is 17.4 Å². The molecule has 0 saturated heterocycles. The van der Waals surface area contributed by atoms with E-state index in [-0.39, 0.29) is 22.7 Å². The third kappa shape index (κ3) is 3.16. The van der Waals surface area contributed by atoms with Crippen LogP contribution < -0.4 is 5.32 Å². The molecule has 0 aliphatic carbocycles. The molecule has 2 aromatic rings. The Morgan fingerprint density at radius 2 is 1.85 bits per heavy atom. The minimum absolute atomic E-state index is 0.0317. The molecule has 3 amide bonds. The van der Waals surface area contributed by atoms with Crippen LogP contribution in [0, 0.1) is 18.6 Å². The van der Waals surface area contributed by atoms with Gasteiger partial charge in [-0.25, -0.2) is 13.6 Å². The lowest BCUT2D eigenvalue weighted by molar-refractivity contribution is -0.113. The Hall–Kier alpha value is -3.23. The van der Waals surface area contributed by atoms with E-state index in [0.717, 1.165) is 17.0 Å². The molecule has 1 aromatic heterocycles. The van der Waals surface area contributed by atoms with E-state index in [4.69, 9.17) is 4.52 Å². The highest BCUT2D eigenvalue weighted by Gasteiger charge is 2.41. The van der Waals surface area contributed by atoms with Gasteiger partial charge in [0.15, 0.2) is 5.82 Å². The molecule has 142 valence electrons. The zero-order valence-corrected chi connectivity index (χ0v) is 15.2. The Morgan fingerprint density at radius 3 is 2.41 bits per heavy atom. The number of likely N-dealkylation sites (N-methyl/N-ethyl adjacent to an activating group) is 1. The highest BCUT2D eigenvalue weighted by molar-refractivity contribution is 6.06. The first-order valence-corrected chi connectivity index (χ1v) is 8.12. The van der Waals surface area contributed by atoms with E-state index in [2.05, 4.69) is 10.5 Å². The normalized spacial score (nSPS) is 17.6. The van der Waals surface area contributed by atoms with Crippen LogP contribution in [0.25, 0.3) is 0 Å². The summed E-state index contributed by atoms with van der Waals surface area (Å²) >= 11 is 0. The van der Waals surface area contributed by atoms with Gasteiger partial charge >= 0.3 is 6.03 Å². The van der Waals surface area contributed by atoms with Gasteiger partial charge in [0.05, 0.1) is 17.2 Å². The fraction of sp³-hybridized carbons (Fsp3) is 0.278. The molecule has 27 heavy (non-hydrogen) atoms. The summed E-state index contributed by atoms with van der Waals surface area (Å²) < 4.78 is 33.8. The number of hydrogen-bond acceptors (Lipinski definition) is 4. The first kappa shape index (κ1) is 18.6. The standard InChI is InChI=1S/C18H18F2N4O3/c1-9-8-13(22-27-9)21-17(25)14-10(2)23(3)18(26)24(4)16(14)15-11(19)6-5-7-12(15)20/h5-8,16H,1-4H3,(H,21,22,25). The molecular formula is C18H18F2N4O3. The fourth-order valence-corrected chi connectivity index (χ4v) is 3.07. The van der Waals surface area contributed by atoms with E-state index in [1.54, 1.807) is 13.8 Å². The molecule has 1 aliphatic rings. The van der Waals surface area contributed by atoms with Gasteiger partial charge < -0.3 is 19.6 Å². The number of allylic oxidation sites excluding steroid dienone is 1. The first-order valence-electron chi connectivity index (χ1n) is 8.12. The van der Waals surface area contributed by atoms with Gasteiger partial charge in [-0.1, -0.05) is 11.2 Å². The molecule has 1 atom stereocenters. The van der Waals surface area contributed by atoms with Gasteiger partial charge in [0.25, 0.3) is 5.91 Å². The van der Waals surface area contributed by atoms with Crippen LogP contribution >= 0.6 is 0 Å². The van der Waals surface area contributed by atoms with Crippen molar-refractivity contribution in [1.82, 2.24) is 15.0 Å². The van der Waals surface area contributed by atoms with Crippen LogP contribution in [0.3, 0.4) is 0 Å². The maximum absolute atomic E-state index is 14.5. The van der Waals surface area contributed by atoms with Crippen molar-refractivity contribution >= 4 is 17.8 Å². The smallest absolute Gasteiger partial charge is 0.324 e. The number of hydrogen-bond donors (Lipinski definition) is 1. The zero-order valence-electron chi connectivity index (χ0n) is 15.2. The van der Waals surface area contributed by atoms with Crippen LogP contribution in [0.15, 0.2) is 40.1 Å². The number of halogens is 2. The summed E-state index contributed by atoms with van der Waals surface area (Å²) in [6, 6.07) is 3.17. The molecule has 0 fully saturated rings. The van der Waals surface area contributed by atoms with Crippen LogP contribution in [0.5, 0.6) is 0 Å². The summed E-state index contributed by atoms with van der Waals surface area (Å²) in [7, 11) is 2.87. The highest BCUT2D eigenvalue weighted by Crippen LogP contribution is 2.38. The largest absolute Gasteiger partial charge is 0.360 e. The predicted molar refractivity (Wildman–Crippen MR) is 92.6 cm³/mol. The van der Waals surface area contributed by atoms with E-state index in [1.807, 2.05) is 0 Å². The Balaban J connectivity index is 2.13. The first-order chi connectivity index (χ1) is 12.7. The van der Waals surface area contributed by atoms with Gasteiger partial charge in [0, 0.05) is 25.9 Å². The minimum Gasteiger partial charge on any atom is -0.360 e. The molecule has 1 unspecified atom stereocenters. The van der Waals surface area contributed by atoms with Gasteiger partial charge in [-0.2, -0.15) is 0 Å². The Kier molecular flexibility index (Phi) is 4.69. The molecule has 1 aliphatic heterocycles. The van der Waals surface area contributed by atoms with Gasteiger partial charge in [-0.3, -0.25) is 4.79 Å². The zero-order chi connectivity index (χ0) is 19.9. The van der Waals surface area contributed by atoms with Crippen LogP contribution in [0.1, 0.15) is 24.3 Å². The maximum atomic E-state index is 14.5. The van der Waals surface area contributed by atoms with Crippen LogP contribution in [-0.4, -0.2) is 41.0 Å².